The highest BCUT2D eigenvalue weighted by atomic mass is 19.1. The molecule has 1 fully saturated rings. The van der Waals surface area contributed by atoms with Crippen LogP contribution in [0.25, 0.3) is 0 Å². The molecule has 2 aromatic rings. The minimum absolute atomic E-state index is 0.00181. The van der Waals surface area contributed by atoms with Crippen molar-refractivity contribution in [1.29, 1.82) is 0 Å². The van der Waals surface area contributed by atoms with Gasteiger partial charge in [-0.2, -0.15) is 0 Å². The highest BCUT2D eigenvalue weighted by Crippen LogP contribution is 2.64. The van der Waals surface area contributed by atoms with Crippen LogP contribution < -0.4 is 5.32 Å². The third kappa shape index (κ3) is 1.33. The Bertz CT molecular complexity index is 682. The molecular weight excluding hydrogens is 241 g/mol. The molecule has 19 heavy (non-hydrogen) atoms. The molecule has 0 saturated heterocycles. The molecule has 1 N–H and O–H groups in total. The van der Waals surface area contributed by atoms with Crippen LogP contribution in [0.4, 0.5) is 10.1 Å². The second-order valence-electron chi connectivity index (χ2n) is 5.28. The van der Waals surface area contributed by atoms with Crippen LogP contribution in [-0.4, -0.2) is 5.91 Å². The zero-order chi connectivity index (χ0) is 13.0. The summed E-state index contributed by atoms with van der Waals surface area (Å²) >= 11 is 0. The van der Waals surface area contributed by atoms with Gasteiger partial charge in [0.25, 0.3) is 0 Å². The van der Waals surface area contributed by atoms with Gasteiger partial charge in [-0.1, -0.05) is 30.3 Å². The molecule has 0 radical (unpaired) electrons. The fourth-order valence-electron chi connectivity index (χ4n) is 3.25. The fraction of sp³-hybridized carbons (Fsp3) is 0.188. The van der Waals surface area contributed by atoms with Gasteiger partial charge in [-0.25, -0.2) is 4.39 Å². The molecule has 2 aliphatic rings. The number of carbonyl (C=O) groups excluding carboxylic acids is 1. The largest absolute Gasteiger partial charge is 0.325 e. The lowest BCUT2D eigenvalue weighted by Gasteiger charge is -2.08. The molecule has 4 rings (SSSR count). The van der Waals surface area contributed by atoms with Crippen LogP contribution in [0, 0.1) is 5.82 Å². The first kappa shape index (κ1) is 10.7. The minimum Gasteiger partial charge on any atom is -0.325 e. The number of hydrogen-bond acceptors (Lipinski definition) is 1. The maximum absolute atomic E-state index is 13.5. The molecule has 0 unspecified atom stereocenters. The normalized spacial score (nSPS) is 27.2. The zero-order valence-electron chi connectivity index (χ0n) is 10.2. The number of hydrogen-bond donors (Lipinski definition) is 1. The average molecular weight is 253 g/mol. The summed E-state index contributed by atoms with van der Waals surface area (Å²) in [6, 6.07) is 14.5. The predicted octanol–water partition coefficient (Wildman–Crippen LogP) is 3.20. The van der Waals surface area contributed by atoms with E-state index in [1.54, 1.807) is 6.07 Å². The molecule has 1 amide bonds. The lowest BCUT2D eigenvalue weighted by atomic mass is 9.92. The summed E-state index contributed by atoms with van der Waals surface area (Å²) in [4.78, 5) is 12.3. The number of nitrogens with one attached hydrogen (secondary N) is 1. The van der Waals surface area contributed by atoms with Crippen molar-refractivity contribution in [2.45, 2.75) is 17.8 Å². The minimum atomic E-state index is -0.543. The molecule has 2 nitrogen and oxygen atoms in total. The Hall–Kier alpha value is -2.16. The van der Waals surface area contributed by atoms with Crippen molar-refractivity contribution >= 4 is 11.6 Å². The van der Waals surface area contributed by atoms with Crippen LogP contribution in [0.15, 0.2) is 48.5 Å². The van der Waals surface area contributed by atoms with Crippen LogP contribution in [-0.2, 0) is 10.2 Å². The first-order valence-corrected chi connectivity index (χ1v) is 6.38. The Labute approximate surface area is 110 Å². The predicted molar refractivity (Wildman–Crippen MR) is 70.5 cm³/mol. The lowest BCUT2D eigenvalue weighted by Crippen LogP contribution is -2.21. The van der Waals surface area contributed by atoms with Crippen molar-refractivity contribution in [3.8, 4) is 0 Å². The van der Waals surface area contributed by atoms with E-state index in [1.807, 2.05) is 30.3 Å². The summed E-state index contributed by atoms with van der Waals surface area (Å²) in [5, 5.41) is 2.87. The molecule has 3 heteroatoms. The molecule has 1 saturated carbocycles. The van der Waals surface area contributed by atoms with Crippen molar-refractivity contribution in [3.63, 3.8) is 0 Å². The van der Waals surface area contributed by atoms with Crippen molar-refractivity contribution < 1.29 is 9.18 Å². The molecule has 1 spiro atoms. The van der Waals surface area contributed by atoms with E-state index in [9.17, 15) is 9.18 Å². The van der Waals surface area contributed by atoms with Crippen molar-refractivity contribution in [2.75, 3.05) is 5.32 Å². The van der Waals surface area contributed by atoms with E-state index in [-0.39, 0.29) is 17.6 Å². The van der Waals surface area contributed by atoms with Crippen LogP contribution in [0.3, 0.4) is 0 Å². The van der Waals surface area contributed by atoms with E-state index in [2.05, 4.69) is 5.32 Å². The molecule has 1 heterocycles. The summed E-state index contributed by atoms with van der Waals surface area (Å²) in [5.41, 5.74) is 2.17. The number of carbonyl (C=O) groups is 1. The molecule has 0 aromatic heterocycles. The van der Waals surface area contributed by atoms with Crippen molar-refractivity contribution in [3.05, 3.63) is 65.5 Å². The van der Waals surface area contributed by atoms with Gasteiger partial charge < -0.3 is 5.32 Å². The molecular formula is C16H12FNO. The quantitative estimate of drug-likeness (QED) is 0.830. The van der Waals surface area contributed by atoms with Crippen LogP contribution in [0.2, 0.25) is 0 Å². The third-order valence-corrected chi connectivity index (χ3v) is 4.28. The van der Waals surface area contributed by atoms with Gasteiger partial charge in [-0.3, -0.25) is 4.79 Å². The standard InChI is InChI=1S/C16H12FNO/c17-11-6-7-14-12(8-11)16(15(19)18-14)9-13(16)10-4-2-1-3-5-10/h1-8,13H,9H2,(H,18,19)/t13-,16-/m1/s1. The Kier molecular flexibility index (Phi) is 1.94. The highest BCUT2D eigenvalue weighted by Gasteiger charge is 2.65. The van der Waals surface area contributed by atoms with E-state index in [0.29, 0.717) is 0 Å². The van der Waals surface area contributed by atoms with Gasteiger partial charge in [0.1, 0.15) is 5.82 Å². The molecule has 1 aliphatic carbocycles. The Balaban J connectivity index is 1.82. The number of amides is 1. The maximum Gasteiger partial charge on any atom is 0.235 e. The molecule has 2 aromatic carbocycles. The zero-order valence-corrected chi connectivity index (χ0v) is 10.2. The van der Waals surface area contributed by atoms with Gasteiger partial charge in [0.15, 0.2) is 0 Å². The maximum atomic E-state index is 13.5. The monoisotopic (exact) mass is 253 g/mol. The number of anilines is 1. The summed E-state index contributed by atoms with van der Waals surface area (Å²) in [5.74, 6) is -0.118. The number of benzene rings is 2. The number of rotatable bonds is 1. The Morgan fingerprint density at radius 1 is 1.16 bits per heavy atom. The summed E-state index contributed by atoms with van der Waals surface area (Å²) in [6.07, 6.45) is 0.763. The van der Waals surface area contributed by atoms with E-state index in [0.717, 1.165) is 23.2 Å². The van der Waals surface area contributed by atoms with E-state index in [4.69, 9.17) is 0 Å². The molecule has 2 atom stereocenters. The Morgan fingerprint density at radius 2 is 1.95 bits per heavy atom. The SMILES string of the molecule is O=C1Nc2ccc(F)cc2[C@@]12C[C@@H]2c1ccccc1. The second kappa shape index (κ2) is 3.44. The van der Waals surface area contributed by atoms with Crippen molar-refractivity contribution in [1.82, 2.24) is 0 Å². The van der Waals surface area contributed by atoms with E-state index in [1.165, 1.54) is 12.1 Å². The van der Waals surface area contributed by atoms with E-state index >= 15 is 0 Å². The smallest absolute Gasteiger partial charge is 0.235 e. The van der Waals surface area contributed by atoms with Crippen LogP contribution >= 0.6 is 0 Å². The van der Waals surface area contributed by atoms with Gasteiger partial charge in [-0.05, 0) is 35.7 Å². The van der Waals surface area contributed by atoms with Crippen LogP contribution in [0.5, 0.6) is 0 Å². The first-order valence-electron chi connectivity index (χ1n) is 6.38. The highest BCUT2D eigenvalue weighted by molar-refractivity contribution is 6.09. The second-order valence-corrected chi connectivity index (χ2v) is 5.28. The van der Waals surface area contributed by atoms with Gasteiger partial charge >= 0.3 is 0 Å². The summed E-state index contributed by atoms with van der Waals surface area (Å²) < 4.78 is 13.5. The third-order valence-electron chi connectivity index (χ3n) is 4.28. The summed E-state index contributed by atoms with van der Waals surface area (Å²) in [7, 11) is 0. The number of halogens is 1. The van der Waals surface area contributed by atoms with E-state index < -0.39 is 5.41 Å². The van der Waals surface area contributed by atoms with Gasteiger partial charge in [0, 0.05) is 11.6 Å². The van der Waals surface area contributed by atoms with Gasteiger partial charge in [0.2, 0.25) is 5.91 Å². The number of fused-ring (bicyclic) bond motifs is 2. The van der Waals surface area contributed by atoms with Gasteiger partial charge in [0.05, 0.1) is 5.41 Å². The molecule has 94 valence electrons. The Morgan fingerprint density at radius 3 is 2.74 bits per heavy atom. The topological polar surface area (TPSA) is 29.1 Å². The van der Waals surface area contributed by atoms with Gasteiger partial charge in [-0.15, -0.1) is 0 Å². The first-order chi connectivity index (χ1) is 9.22. The van der Waals surface area contributed by atoms with Crippen molar-refractivity contribution in [2.24, 2.45) is 0 Å². The molecule has 1 aliphatic heterocycles. The fourth-order valence-corrected chi connectivity index (χ4v) is 3.25. The lowest BCUT2D eigenvalue weighted by molar-refractivity contribution is -0.118. The molecule has 0 bridgehead atoms. The summed E-state index contributed by atoms with van der Waals surface area (Å²) in [6.45, 7) is 0. The average Bonchev–Trinajstić information content (AvgIpc) is 3.12. The van der Waals surface area contributed by atoms with Crippen LogP contribution in [0.1, 0.15) is 23.5 Å².